The molecular weight excluding hydrogens is 326 g/mol. The van der Waals surface area contributed by atoms with Gasteiger partial charge in [-0.25, -0.2) is 4.79 Å². The molecule has 1 fully saturated rings. The van der Waals surface area contributed by atoms with Crippen molar-refractivity contribution in [1.82, 2.24) is 9.80 Å². The Bertz CT molecular complexity index is 786. The first kappa shape index (κ1) is 18.2. The second-order valence-corrected chi connectivity index (χ2v) is 6.79. The molecule has 1 unspecified atom stereocenters. The van der Waals surface area contributed by atoms with E-state index in [0.29, 0.717) is 13.1 Å². The first-order chi connectivity index (χ1) is 12.6. The lowest BCUT2D eigenvalue weighted by atomic mass is 9.96. The van der Waals surface area contributed by atoms with Crippen molar-refractivity contribution >= 4 is 28.4 Å². The van der Waals surface area contributed by atoms with E-state index in [9.17, 15) is 9.59 Å². The molecule has 3 amide bonds. The average molecular weight is 353 g/mol. The van der Waals surface area contributed by atoms with Crippen LogP contribution in [0.25, 0.3) is 10.8 Å². The third kappa shape index (κ3) is 3.98. The Morgan fingerprint density at radius 2 is 1.85 bits per heavy atom. The molecule has 0 bridgehead atoms. The summed E-state index contributed by atoms with van der Waals surface area (Å²) in [5.74, 6) is 0.0733. The number of anilines is 1. The van der Waals surface area contributed by atoms with Crippen LogP contribution in [-0.4, -0.2) is 47.9 Å². The molecule has 5 heteroatoms. The molecule has 0 aromatic heterocycles. The van der Waals surface area contributed by atoms with Crippen LogP contribution in [0.4, 0.5) is 10.5 Å². The molecule has 26 heavy (non-hydrogen) atoms. The van der Waals surface area contributed by atoms with Crippen LogP contribution in [0.1, 0.15) is 26.7 Å². The lowest BCUT2D eigenvalue weighted by Gasteiger charge is -2.34. The van der Waals surface area contributed by atoms with Crippen molar-refractivity contribution in [2.75, 3.05) is 31.5 Å². The smallest absolute Gasteiger partial charge is 0.321 e. The lowest BCUT2D eigenvalue weighted by Crippen LogP contribution is -2.47. The molecule has 2 aromatic rings. The number of amides is 3. The minimum Gasteiger partial charge on any atom is -0.343 e. The Morgan fingerprint density at radius 3 is 2.58 bits per heavy atom. The number of benzene rings is 2. The number of likely N-dealkylation sites (tertiary alicyclic amines) is 1. The van der Waals surface area contributed by atoms with E-state index in [1.54, 1.807) is 4.90 Å². The van der Waals surface area contributed by atoms with Crippen LogP contribution in [-0.2, 0) is 4.79 Å². The third-order valence-corrected chi connectivity index (χ3v) is 5.13. The van der Waals surface area contributed by atoms with E-state index in [2.05, 4.69) is 11.4 Å². The number of rotatable bonds is 4. The molecule has 1 aliphatic heterocycles. The number of piperidine rings is 1. The molecule has 1 aliphatic rings. The number of fused-ring (bicyclic) bond motifs is 1. The van der Waals surface area contributed by atoms with Crippen molar-refractivity contribution in [3.63, 3.8) is 0 Å². The van der Waals surface area contributed by atoms with E-state index in [1.165, 1.54) is 0 Å². The van der Waals surface area contributed by atoms with Gasteiger partial charge in [0.1, 0.15) is 0 Å². The van der Waals surface area contributed by atoms with Crippen molar-refractivity contribution in [3.8, 4) is 0 Å². The molecule has 5 nitrogen and oxygen atoms in total. The minimum atomic E-state index is -0.127. The van der Waals surface area contributed by atoms with Crippen LogP contribution < -0.4 is 5.32 Å². The van der Waals surface area contributed by atoms with E-state index in [4.69, 9.17) is 0 Å². The molecule has 1 atom stereocenters. The van der Waals surface area contributed by atoms with Gasteiger partial charge < -0.3 is 15.1 Å². The summed E-state index contributed by atoms with van der Waals surface area (Å²) in [6.45, 7) is 6.61. The van der Waals surface area contributed by atoms with Gasteiger partial charge in [0.05, 0.1) is 5.92 Å². The molecule has 0 spiro atoms. The van der Waals surface area contributed by atoms with Gasteiger partial charge in [0, 0.05) is 31.9 Å². The van der Waals surface area contributed by atoms with Gasteiger partial charge in [-0.2, -0.15) is 0 Å². The standard InChI is InChI=1S/C21H27N3O2/c1-3-23(4-2)20(25)18-10-7-13-24(15-18)21(26)22-19-12-11-16-8-5-6-9-17(16)14-19/h5-6,8-9,11-12,14,18H,3-4,7,10,13,15H2,1-2H3,(H,22,26). The highest BCUT2D eigenvalue weighted by molar-refractivity contribution is 5.94. The molecule has 138 valence electrons. The van der Waals surface area contributed by atoms with Crippen LogP contribution >= 0.6 is 0 Å². The number of hydrogen-bond donors (Lipinski definition) is 1. The summed E-state index contributed by atoms with van der Waals surface area (Å²) in [4.78, 5) is 28.9. The Balaban J connectivity index is 1.65. The molecule has 1 heterocycles. The summed E-state index contributed by atoms with van der Waals surface area (Å²) >= 11 is 0. The molecule has 0 aliphatic carbocycles. The van der Waals surface area contributed by atoms with E-state index < -0.39 is 0 Å². The van der Waals surface area contributed by atoms with Crippen molar-refractivity contribution in [2.45, 2.75) is 26.7 Å². The molecule has 0 saturated carbocycles. The fraction of sp³-hybridized carbons (Fsp3) is 0.429. The van der Waals surface area contributed by atoms with Crippen LogP contribution in [0.5, 0.6) is 0 Å². The zero-order valence-electron chi connectivity index (χ0n) is 15.6. The monoisotopic (exact) mass is 353 g/mol. The summed E-state index contributed by atoms with van der Waals surface area (Å²) in [5, 5.41) is 5.23. The maximum atomic E-state index is 12.7. The molecule has 0 radical (unpaired) electrons. The summed E-state index contributed by atoms with van der Waals surface area (Å²) < 4.78 is 0. The minimum absolute atomic E-state index is 0.0917. The Morgan fingerprint density at radius 1 is 1.12 bits per heavy atom. The fourth-order valence-electron chi connectivity index (χ4n) is 3.63. The number of urea groups is 1. The second-order valence-electron chi connectivity index (χ2n) is 6.79. The van der Waals surface area contributed by atoms with E-state index in [1.807, 2.05) is 55.1 Å². The SMILES string of the molecule is CCN(CC)C(=O)C1CCCN(C(=O)Nc2ccc3ccccc3c2)C1. The van der Waals surface area contributed by atoms with E-state index in [0.717, 1.165) is 42.4 Å². The lowest BCUT2D eigenvalue weighted by molar-refractivity contribution is -0.136. The predicted molar refractivity (Wildman–Crippen MR) is 105 cm³/mol. The molecule has 1 N–H and O–H groups in total. The van der Waals surface area contributed by atoms with Crippen molar-refractivity contribution < 1.29 is 9.59 Å². The third-order valence-electron chi connectivity index (χ3n) is 5.13. The number of nitrogens with one attached hydrogen (secondary N) is 1. The van der Waals surface area contributed by atoms with Crippen molar-refractivity contribution in [1.29, 1.82) is 0 Å². The summed E-state index contributed by atoms with van der Waals surface area (Å²) in [5.41, 5.74) is 0.783. The van der Waals surface area contributed by atoms with Gasteiger partial charge in [0.15, 0.2) is 0 Å². The van der Waals surface area contributed by atoms with Gasteiger partial charge in [-0.05, 0) is 49.6 Å². The fourth-order valence-corrected chi connectivity index (χ4v) is 3.63. The summed E-state index contributed by atoms with van der Waals surface area (Å²) in [7, 11) is 0. The van der Waals surface area contributed by atoms with Gasteiger partial charge in [0.2, 0.25) is 5.91 Å². The molecule has 3 rings (SSSR count). The summed E-state index contributed by atoms with van der Waals surface area (Å²) in [6, 6.07) is 13.9. The van der Waals surface area contributed by atoms with Crippen LogP contribution in [0, 0.1) is 5.92 Å². The van der Waals surface area contributed by atoms with Gasteiger partial charge >= 0.3 is 6.03 Å². The normalized spacial score (nSPS) is 17.2. The largest absolute Gasteiger partial charge is 0.343 e. The maximum Gasteiger partial charge on any atom is 0.321 e. The Hall–Kier alpha value is -2.56. The highest BCUT2D eigenvalue weighted by atomic mass is 16.2. The Labute approximate surface area is 155 Å². The second kappa shape index (κ2) is 8.21. The van der Waals surface area contributed by atoms with Gasteiger partial charge in [-0.15, -0.1) is 0 Å². The van der Waals surface area contributed by atoms with E-state index >= 15 is 0 Å². The summed E-state index contributed by atoms with van der Waals surface area (Å²) in [6.07, 6.45) is 1.72. The highest BCUT2D eigenvalue weighted by Crippen LogP contribution is 2.22. The number of carbonyl (C=O) groups is 2. The topological polar surface area (TPSA) is 52.7 Å². The Kier molecular flexibility index (Phi) is 5.76. The molecular formula is C21H27N3O2. The molecule has 2 aromatic carbocycles. The van der Waals surface area contributed by atoms with Crippen LogP contribution in [0.3, 0.4) is 0 Å². The van der Waals surface area contributed by atoms with Gasteiger partial charge in [-0.3, -0.25) is 4.79 Å². The number of carbonyl (C=O) groups excluding carboxylic acids is 2. The quantitative estimate of drug-likeness (QED) is 0.905. The van der Waals surface area contributed by atoms with Gasteiger partial charge in [0.25, 0.3) is 0 Å². The highest BCUT2D eigenvalue weighted by Gasteiger charge is 2.30. The zero-order chi connectivity index (χ0) is 18.5. The average Bonchev–Trinajstić information content (AvgIpc) is 2.69. The first-order valence-corrected chi connectivity index (χ1v) is 9.46. The number of nitrogens with zero attached hydrogens (tertiary/aromatic N) is 2. The maximum absolute atomic E-state index is 12.7. The zero-order valence-corrected chi connectivity index (χ0v) is 15.6. The van der Waals surface area contributed by atoms with Crippen LogP contribution in [0.2, 0.25) is 0 Å². The predicted octanol–water partition coefficient (Wildman–Crippen LogP) is 3.95. The van der Waals surface area contributed by atoms with Crippen molar-refractivity contribution in [3.05, 3.63) is 42.5 Å². The van der Waals surface area contributed by atoms with Crippen molar-refractivity contribution in [2.24, 2.45) is 5.92 Å². The number of hydrogen-bond acceptors (Lipinski definition) is 2. The van der Waals surface area contributed by atoms with Crippen LogP contribution in [0.15, 0.2) is 42.5 Å². The first-order valence-electron chi connectivity index (χ1n) is 9.46. The molecule has 1 saturated heterocycles. The van der Waals surface area contributed by atoms with Gasteiger partial charge in [-0.1, -0.05) is 30.3 Å². The van der Waals surface area contributed by atoms with E-state index in [-0.39, 0.29) is 17.9 Å².